The van der Waals surface area contributed by atoms with Crippen LogP contribution >= 0.6 is 0 Å². The van der Waals surface area contributed by atoms with Gasteiger partial charge in [0, 0.05) is 11.8 Å². The molecule has 0 aliphatic carbocycles. The Kier molecular flexibility index (Phi) is 3.79. The quantitative estimate of drug-likeness (QED) is 0.798. The van der Waals surface area contributed by atoms with E-state index in [9.17, 15) is 4.39 Å². The summed E-state index contributed by atoms with van der Waals surface area (Å²) in [4.78, 5) is 0. The predicted octanol–water partition coefficient (Wildman–Crippen LogP) is 3.18. The van der Waals surface area contributed by atoms with E-state index in [1.807, 2.05) is 42.6 Å². The van der Waals surface area contributed by atoms with Gasteiger partial charge in [-0.15, -0.1) is 0 Å². The fraction of sp³-hybridized carbons (Fsp3) is 0.118. The first-order valence-corrected chi connectivity index (χ1v) is 6.87. The third kappa shape index (κ3) is 2.71. The van der Waals surface area contributed by atoms with Gasteiger partial charge in [0.05, 0.1) is 6.20 Å². The van der Waals surface area contributed by atoms with Crippen molar-refractivity contribution >= 4 is 0 Å². The largest absolute Gasteiger partial charge is 0.330 e. The van der Waals surface area contributed by atoms with E-state index in [2.05, 4.69) is 5.10 Å². The second-order valence-electron chi connectivity index (χ2n) is 4.83. The Hall–Kier alpha value is -2.46. The molecule has 3 aromatic rings. The van der Waals surface area contributed by atoms with E-state index in [0.29, 0.717) is 18.7 Å². The predicted molar refractivity (Wildman–Crippen MR) is 81.7 cm³/mol. The molecule has 0 aliphatic rings. The average Bonchev–Trinajstić information content (AvgIpc) is 2.98. The van der Waals surface area contributed by atoms with Crippen LogP contribution < -0.4 is 5.73 Å². The lowest BCUT2D eigenvalue weighted by molar-refractivity contribution is 0.607. The van der Waals surface area contributed by atoms with Crippen LogP contribution in [0.2, 0.25) is 0 Å². The summed E-state index contributed by atoms with van der Waals surface area (Å²) in [5.41, 5.74) is 8.95. The lowest BCUT2D eigenvalue weighted by atomic mass is 10.1. The average molecular weight is 281 g/mol. The van der Waals surface area contributed by atoms with Gasteiger partial charge in [0.25, 0.3) is 0 Å². The van der Waals surface area contributed by atoms with Gasteiger partial charge < -0.3 is 5.73 Å². The van der Waals surface area contributed by atoms with Crippen LogP contribution in [0.25, 0.3) is 16.8 Å². The van der Waals surface area contributed by atoms with Crippen molar-refractivity contribution in [3.8, 4) is 16.8 Å². The highest BCUT2D eigenvalue weighted by Gasteiger charge is 2.12. The fourth-order valence-corrected chi connectivity index (χ4v) is 2.40. The maximum Gasteiger partial charge on any atom is 0.149 e. The molecule has 1 aromatic heterocycles. The highest BCUT2D eigenvalue weighted by Crippen LogP contribution is 2.23. The Morgan fingerprint density at radius 3 is 2.57 bits per heavy atom. The molecule has 4 heteroatoms. The molecule has 0 fully saturated rings. The van der Waals surface area contributed by atoms with Gasteiger partial charge in [-0.2, -0.15) is 5.10 Å². The molecule has 0 radical (unpaired) electrons. The van der Waals surface area contributed by atoms with Crippen LogP contribution in [0, 0.1) is 5.82 Å². The number of hydrogen-bond acceptors (Lipinski definition) is 2. The van der Waals surface area contributed by atoms with Crippen LogP contribution in [0.4, 0.5) is 4.39 Å². The van der Waals surface area contributed by atoms with Gasteiger partial charge in [-0.1, -0.05) is 42.5 Å². The van der Waals surface area contributed by atoms with E-state index in [-0.39, 0.29) is 5.82 Å². The number of nitrogens with zero attached hydrogens (tertiary/aromatic N) is 2. The molecule has 0 atom stereocenters. The number of hydrogen-bond donors (Lipinski definition) is 1. The zero-order valence-electron chi connectivity index (χ0n) is 11.5. The lowest BCUT2D eigenvalue weighted by Crippen LogP contribution is -2.08. The van der Waals surface area contributed by atoms with Gasteiger partial charge in [-0.3, -0.25) is 0 Å². The minimum absolute atomic E-state index is 0.288. The molecular formula is C17H16FN3. The second-order valence-corrected chi connectivity index (χ2v) is 4.83. The number of aromatic nitrogens is 2. The first-order valence-electron chi connectivity index (χ1n) is 6.87. The molecule has 21 heavy (non-hydrogen) atoms. The van der Waals surface area contributed by atoms with E-state index in [1.165, 1.54) is 6.07 Å². The minimum Gasteiger partial charge on any atom is -0.330 e. The third-order valence-corrected chi connectivity index (χ3v) is 3.40. The molecule has 3 rings (SSSR count). The maximum atomic E-state index is 14.2. The number of halogens is 1. The van der Waals surface area contributed by atoms with Gasteiger partial charge in [0.15, 0.2) is 0 Å². The first-order chi connectivity index (χ1) is 10.3. The van der Waals surface area contributed by atoms with Crippen molar-refractivity contribution in [2.45, 2.75) is 6.42 Å². The highest BCUT2D eigenvalue weighted by atomic mass is 19.1. The molecule has 2 aromatic carbocycles. The van der Waals surface area contributed by atoms with E-state index in [1.54, 1.807) is 16.9 Å². The number of rotatable bonds is 4. The second kappa shape index (κ2) is 5.89. The molecule has 0 aliphatic heterocycles. The summed E-state index contributed by atoms with van der Waals surface area (Å²) < 4.78 is 15.8. The number of nitrogens with two attached hydrogens (primary N) is 1. The van der Waals surface area contributed by atoms with Crippen LogP contribution in [0.1, 0.15) is 5.56 Å². The zero-order valence-corrected chi connectivity index (χ0v) is 11.5. The van der Waals surface area contributed by atoms with Crippen molar-refractivity contribution in [2.24, 2.45) is 5.73 Å². The molecule has 3 nitrogen and oxygen atoms in total. The molecule has 0 amide bonds. The molecule has 0 saturated heterocycles. The summed E-state index contributed by atoms with van der Waals surface area (Å²) in [6, 6.07) is 14.9. The van der Waals surface area contributed by atoms with Gasteiger partial charge in [-0.05, 0) is 30.2 Å². The van der Waals surface area contributed by atoms with Crippen molar-refractivity contribution in [1.82, 2.24) is 9.78 Å². The topological polar surface area (TPSA) is 43.8 Å². The Labute approximate surface area is 122 Å². The molecular weight excluding hydrogens is 265 g/mol. The van der Waals surface area contributed by atoms with Crippen LogP contribution in [-0.4, -0.2) is 16.3 Å². The monoisotopic (exact) mass is 281 g/mol. The summed E-state index contributed by atoms with van der Waals surface area (Å²) in [6.07, 6.45) is 4.20. The highest BCUT2D eigenvalue weighted by molar-refractivity contribution is 5.62. The van der Waals surface area contributed by atoms with Crippen molar-refractivity contribution in [1.29, 1.82) is 0 Å². The van der Waals surface area contributed by atoms with Crippen molar-refractivity contribution in [3.63, 3.8) is 0 Å². The third-order valence-electron chi connectivity index (χ3n) is 3.40. The molecule has 0 bridgehead atoms. The molecule has 0 saturated carbocycles. The normalized spacial score (nSPS) is 10.8. The van der Waals surface area contributed by atoms with Gasteiger partial charge in [-0.25, -0.2) is 9.07 Å². The van der Waals surface area contributed by atoms with Crippen LogP contribution in [0.5, 0.6) is 0 Å². The standard InChI is InChI=1S/C17H16FN3/c18-16-8-4-7-14(9-10-19)17(16)21-12-15(11-20-21)13-5-2-1-3-6-13/h1-8,11-12H,9-10,19H2. The van der Waals surface area contributed by atoms with Crippen LogP contribution in [0.15, 0.2) is 60.9 Å². The van der Waals surface area contributed by atoms with Gasteiger partial charge >= 0.3 is 0 Å². The minimum atomic E-state index is -0.288. The van der Waals surface area contributed by atoms with E-state index in [0.717, 1.165) is 16.7 Å². The summed E-state index contributed by atoms with van der Waals surface area (Å²) in [7, 11) is 0. The van der Waals surface area contributed by atoms with Crippen LogP contribution in [0.3, 0.4) is 0 Å². The fourth-order valence-electron chi connectivity index (χ4n) is 2.40. The Balaban J connectivity index is 2.04. The zero-order chi connectivity index (χ0) is 14.7. The molecule has 2 N–H and O–H groups in total. The molecule has 0 spiro atoms. The van der Waals surface area contributed by atoms with Gasteiger partial charge in [0.2, 0.25) is 0 Å². The first kappa shape index (κ1) is 13.5. The Bertz CT molecular complexity index is 735. The van der Waals surface area contributed by atoms with Crippen molar-refractivity contribution < 1.29 is 4.39 Å². The molecule has 0 unspecified atom stereocenters. The van der Waals surface area contributed by atoms with Crippen LogP contribution in [-0.2, 0) is 6.42 Å². The lowest BCUT2D eigenvalue weighted by Gasteiger charge is -2.09. The summed E-state index contributed by atoms with van der Waals surface area (Å²) in [5.74, 6) is -0.288. The van der Waals surface area contributed by atoms with Gasteiger partial charge in [0.1, 0.15) is 11.5 Å². The summed E-state index contributed by atoms with van der Waals surface area (Å²) in [5, 5.41) is 4.30. The molecule has 1 heterocycles. The van der Waals surface area contributed by atoms with E-state index < -0.39 is 0 Å². The van der Waals surface area contributed by atoms with E-state index in [4.69, 9.17) is 5.73 Å². The smallest absolute Gasteiger partial charge is 0.149 e. The van der Waals surface area contributed by atoms with Crippen molar-refractivity contribution in [3.05, 3.63) is 72.3 Å². The summed E-state index contributed by atoms with van der Waals surface area (Å²) in [6.45, 7) is 0.475. The SMILES string of the molecule is NCCc1cccc(F)c1-n1cc(-c2ccccc2)cn1. The Morgan fingerprint density at radius 1 is 1.00 bits per heavy atom. The maximum absolute atomic E-state index is 14.2. The summed E-state index contributed by atoms with van der Waals surface area (Å²) >= 11 is 0. The number of benzene rings is 2. The van der Waals surface area contributed by atoms with E-state index >= 15 is 0 Å². The molecule has 106 valence electrons. The van der Waals surface area contributed by atoms with Crippen molar-refractivity contribution in [2.75, 3.05) is 6.54 Å². The number of para-hydroxylation sites is 1. The Morgan fingerprint density at radius 2 is 1.81 bits per heavy atom.